The van der Waals surface area contributed by atoms with E-state index in [1.165, 1.54) is 0 Å². The van der Waals surface area contributed by atoms with Gasteiger partial charge in [0.25, 0.3) is 0 Å². The molecule has 1 aromatic rings. The van der Waals surface area contributed by atoms with Crippen molar-refractivity contribution >= 4 is 5.69 Å². The van der Waals surface area contributed by atoms with Gasteiger partial charge in [-0.05, 0) is 25.5 Å². The summed E-state index contributed by atoms with van der Waals surface area (Å²) in [6.45, 7) is 3.63. The predicted octanol–water partition coefficient (Wildman–Crippen LogP) is 0.958. The molecule has 0 aromatic heterocycles. The van der Waals surface area contributed by atoms with Crippen LogP contribution in [0.2, 0.25) is 0 Å². The molecular weight excluding hydrogens is 164 g/mol. The van der Waals surface area contributed by atoms with Crippen molar-refractivity contribution in [2.75, 3.05) is 5.73 Å². The number of benzene rings is 1. The first-order valence-electron chi connectivity index (χ1n) is 4.32. The molecule has 0 amide bonds. The molecule has 0 unspecified atom stereocenters. The van der Waals surface area contributed by atoms with E-state index in [0.29, 0.717) is 5.69 Å². The molecule has 5 N–H and O–H groups in total. The van der Waals surface area contributed by atoms with E-state index < -0.39 is 12.1 Å². The highest BCUT2D eigenvalue weighted by molar-refractivity contribution is 5.50. The summed E-state index contributed by atoms with van der Waals surface area (Å²) in [7, 11) is 0. The predicted molar refractivity (Wildman–Crippen MR) is 54.2 cm³/mol. The van der Waals surface area contributed by atoms with Gasteiger partial charge in [-0.25, -0.2) is 0 Å². The number of hydrogen-bond acceptors (Lipinski definition) is 3. The van der Waals surface area contributed by atoms with E-state index in [-0.39, 0.29) is 0 Å². The summed E-state index contributed by atoms with van der Waals surface area (Å²) in [4.78, 5) is 0. The SMILES string of the molecule is Cc1ccc(N)c([C@@H](N)[C@@H](C)O)c1. The van der Waals surface area contributed by atoms with E-state index in [4.69, 9.17) is 11.5 Å². The second-order valence-corrected chi connectivity index (χ2v) is 3.40. The normalized spacial score (nSPS) is 15.4. The average molecular weight is 180 g/mol. The zero-order valence-corrected chi connectivity index (χ0v) is 7.99. The van der Waals surface area contributed by atoms with Gasteiger partial charge in [0.15, 0.2) is 0 Å². The van der Waals surface area contributed by atoms with Gasteiger partial charge in [0.1, 0.15) is 0 Å². The van der Waals surface area contributed by atoms with Crippen molar-refractivity contribution in [3.8, 4) is 0 Å². The molecular formula is C10H16N2O. The van der Waals surface area contributed by atoms with E-state index in [9.17, 15) is 5.11 Å². The Morgan fingerprint density at radius 2 is 2.00 bits per heavy atom. The third-order valence-corrected chi connectivity index (χ3v) is 2.12. The lowest BCUT2D eigenvalue weighted by Gasteiger charge is -2.17. The van der Waals surface area contributed by atoms with E-state index in [1.807, 2.05) is 25.1 Å². The Labute approximate surface area is 78.4 Å². The van der Waals surface area contributed by atoms with Crippen LogP contribution in [0.4, 0.5) is 5.69 Å². The Hall–Kier alpha value is -1.06. The number of aliphatic hydroxyl groups is 1. The molecule has 0 bridgehead atoms. The van der Waals surface area contributed by atoms with Crippen LogP contribution in [-0.4, -0.2) is 11.2 Å². The highest BCUT2D eigenvalue weighted by atomic mass is 16.3. The van der Waals surface area contributed by atoms with E-state index in [2.05, 4.69) is 0 Å². The van der Waals surface area contributed by atoms with Gasteiger partial charge in [0.2, 0.25) is 0 Å². The second kappa shape index (κ2) is 3.77. The maximum Gasteiger partial charge on any atom is 0.0705 e. The highest BCUT2D eigenvalue weighted by Crippen LogP contribution is 2.22. The summed E-state index contributed by atoms with van der Waals surface area (Å²) in [5.74, 6) is 0. The molecule has 0 aliphatic heterocycles. The molecule has 3 nitrogen and oxygen atoms in total. The molecule has 0 saturated heterocycles. The molecule has 0 aliphatic carbocycles. The summed E-state index contributed by atoms with van der Waals surface area (Å²) in [5, 5.41) is 9.31. The summed E-state index contributed by atoms with van der Waals surface area (Å²) in [6, 6.07) is 5.24. The first-order valence-corrected chi connectivity index (χ1v) is 4.32. The van der Waals surface area contributed by atoms with Gasteiger partial charge in [-0.15, -0.1) is 0 Å². The smallest absolute Gasteiger partial charge is 0.0705 e. The maximum atomic E-state index is 9.31. The first-order chi connectivity index (χ1) is 6.02. The Balaban J connectivity index is 3.05. The summed E-state index contributed by atoms with van der Waals surface area (Å²) in [6.07, 6.45) is -0.580. The number of aliphatic hydroxyl groups excluding tert-OH is 1. The van der Waals surface area contributed by atoms with Gasteiger partial charge < -0.3 is 16.6 Å². The molecule has 1 rings (SSSR count). The van der Waals surface area contributed by atoms with Gasteiger partial charge in [-0.3, -0.25) is 0 Å². The van der Waals surface area contributed by atoms with Crippen LogP contribution in [0.15, 0.2) is 18.2 Å². The number of rotatable bonds is 2. The lowest BCUT2D eigenvalue weighted by Crippen LogP contribution is -2.24. The molecule has 0 fully saturated rings. The Morgan fingerprint density at radius 1 is 1.38 bits per heavy atom. The average Bonchev–Trinajstić information content (AvgIpc) is 2.08. The molecule has 0 saturated carbocycles. The highest BCUT2D eigenvalue weighted by Gasteiger charge is 2.14. The van der Waals surface area contributed by atoms with Crippen molar-refractivity contribution < 1.29 is 5.11 Å². The van der Waals surface area contributed by atoms with Crippen LogP contribution in [0.1, 0.15) is 24.1 Å². The minimum atomic E-state index is -0.580. The first kappa shape index (κ1) is 10.0. The largest absolute Gasteiger partial charge is 0.398 e. The van der Waals surface area contributed by atoms with Crippen LogP contribution < -0.4 is 11.5 Å². The van der Waals surface area contributed by atoms with E-state index in [0.717, 1.165) is 11.1 Å². The Morgan fingerprint density at radius 3 is 2.54 bits per heavy atom. The van der Waals surface area contributed by atoms with Crippen LogP contribution in [0.25, 0.3) is 0 Å². The topological polar surface area (TPSA) is 72.3 Å². The van der Waals surface area contributed by atoms with Crippen molar-refractivity contribution in [1.82, 2.24) is 0 Å². The van der Waals surface area contributed by atoms with Crippen LogP contribution in [-0.2, 0) is 0 Å². The minimum Gasteiger partial charge on any atom is -0.398 e. The van der Waals surface area contributed by atoms with Gasteiger partial charge in [-0.2, -0.15) is 0 Å². The second-order valence-electron chi connectivity index (χ2n) is 3.40. The third-order valence-electron chi connectivity index (χ3n) is 2.12. The van der Waals surface area contributed by atoms with E-state index in [1.54, 1.807) is 6.92 Å². The number of hydrogen-bond donors (Lipinski definition) is 3. The fourth-order valence-corrected chi connectivity index (χ4v) is 1.24. The van der Waals surface area contributed by atoms with Crippen molar-refractivity contribution in [2.24, 2.45) is 5.73 Å². The van der Waals surface area contributed by atoms with Gasteiger partial charge >= 0.3 is 0 Å². The molecule has 3 heteroatoms. The fourth-order valence-electron chi connectivity index (χ4n) is 1.24. The van der Waals surface area contributed by atoms with Gasteiger partial charge in [0.05, 0.1) is 12.1 Å². The third kappa shape index (κ3) is 2.20. The molecule has 0 radical (unpaired) electrons. The van der Waals surface area contributed by atoms with Crippen molar-refractivity contribution in [3.05, 3.63) is 29.3 Å². The van der Waals surface area contributed by atoms with Crippen LogP contribution in [0.5, 0.6) is 0 Å². The van der Waals surface area contributed by atoms with Crippen molar-refractivity contribution in [2.45, 2.75) is 26.0 Å². The molecule has 72 valence electrons. The van der Waals surface area contributed by atoms with Crippen LogP contribution in [0, 0.1) is 6.92 Å². The van der Waals surface area contributed by atoms with Gasteiger partial charge in [0, 0.05) is 5.69 Å². The molecule has 0 heterocycles. The van der Waals surface area contributed by atoms with Crippen LogP contribution >= 0.6 is 0 Å². The summed E-state index contributed by atoms with van der Waals surface area (Å²) >= 11 is 0. The number of nitrogens with two attached hydrogens (primary N) is 2. The van der Waals surface area contributed by atoms with Crippen molar-refractivity contribution in [1.29, 1.82) is 0 Å². The molecule has 0 spiro atoms. The zero-order valence-electron chi connectivity index (χ0n) is 7.99. The molecule has 13 heavy (non-hydrogen) atoms. The minimum absolute atomic E-state index is 0.403. The standard InChI is InChI=1S/C10H16N2O/c1-6-3-4-9(11)8(5-6)10(12)7(2)13/h3-5,7,10,13H,11-12H2,1-2H3/t7-,10+/m1/s1. The van der Waals surface area contributed by atoms with Crippen LogP contribution in [0.3, 0.4) is 0 Å². The van der Waals surface area contributed by atoms with Crippen molar-refractivity contribution in [3.63, 3.8) is 0 Å². The Bertz CT molecular complexity index is 297. The molecule has 0 aliphatic rings. The Kier molecular flexibility index (Phi) is 2.90. The lowest BCUT2D eigenvalue weighted by atomic mass is 9.99. The molecule has 2 atom stereocenters. The lowest BCUT2D eigenvalue weighted by molar-refractivity contribution is 0.164. The number of anilines is 1. The van der Waals surface area contributed by atoms with E-state index >= 15 is 0 Å². The fraction of sp³-hybridized carbons (Fsp3) is 0.400. The summed E-state index contributed by atoms with van der Waals surface area (Å²) < 4.78 is 0. The zero-order chi connectivity index (χ0) is 10.0. The monoisotopic (exact) mass is 180 g/mol. The summed E-state index contributed by atoms with van der Waals surface area (Å²) in [5.41, 5.74) is 14.1. The van der Waals surface area contributed by atoms with Gasteiger partial charge in [-0.1, -0.05) is 17.7 Å². The quantitative estimate of drug-likeness (QED) is 0.593. The maximum absolute atomic E-state index is 9.31. The molecule has 1 aromatic carbocycles. The number of nitrogen functional groups attached to an aromatic ring is 1. The number of aryl methyl sites for hydroxylation is 1.